The van der Waals surface area contributed by atoms with Crippen LogP contribution in [-0.2, 0) is 11.9 Å². The predicted octanol–water partition coefficient (Wildman–Crippen LogP) is 5.48. The first-order chi connectivity index (χ1) is 11.5. The van der Waals surface area contributed by atoms with E-state index >= 15 is 0 Å². The molecule has 0 aliphatic carbocycles. The number of carbonyl (C=O) groups excluding carboxylic acids is 2. The molecule has 2 rings (SSSR count). The molecular formula is C18H18BrN3O2. The van der Waals surface area contributed by atoms with Gasteiger partial charge in [-0.25, -0.2) is 0 Å². The van der Waals surface area contributed by atoms with Crippen LogP contribution in [0.2, 0.25) is 0 Å². The monoisotopic (exact) mass is 387 g/mol. The maximum absolute atomic E-state index is 11.0. The number of azide groups is 1. The Hall–Kier alpha value is -2.43. The fourth-order valence-electron chi connectivity index (χ4n) is 1.88. The molecule has 24 heavy (non-hydrogen) atoms. The van der Waals surface area contributed by atoms with Gasteiger partial charge in [-0.1, -0.05) is 57.4 Å². The highest BCUT2D eigenvalue weighted by Crippen LogP contribution is 2.09. The largest absolute Gasteiger partial charge is 0.295 e. The number of rotatable bonds is 5. The van der Waals surface area contributed by atoms with E-state index in [2.05, 4.69) is 26.0 Å². The summed E-state index contributed by atoms with van der Waals surface area (Å²) in [5, 5.41) is 4.21. The van der Waals surface area contributed by atoms with Gasteiger partial charge in [0, 0.05) is 21.4 Å². The second kappa shape index (κ2) is 10.4. The maximum Gasteiger partial charge on any atom is 0.159 e. The second-order valence-electron chi connectivity index (χ2n) is 5.04. The molecule has 6 heteroatoms. The van der Waals surface area contributed by atoms with Crippen molar-refractivity contribution in [1.82, 2.24) is 0 Å². The van der Waals surface area contributed by atoms with Gasteiger partial charge in [0.05, 0.1) is 6.54 Å². The summed E-state index contributed by atoms with van der Waals surface area (Å²) in [5.74, 6) is 0.135. The van der Waals surface area contributed by atoms with Gasteiger partial charge in [0.25, 0.3) is 0 Å². The smallest absolute Gasteiger partial charge is 0.159 e. The molecule has 0 N–H and O–H groups in total. The average Bonchev–Trinajstić information content (AvgIpc) is 2.60. The lowest BCUT2D eigenvalue weighted by atomic mass is 10.1. The fraction of sp³-hybridized carbons (Fsp3) is 0.222. The SMILES string of the molecule is CC(=O)c1cccc(CBr)c1.CC(=O)c1cccc(CN=[N+]=[N-])c1. The van der Waals surface area contributed by atoms with Crippen molar-refractivity contribution in [3.8, 4) is 0 Å². The molecule has 0 aliphatic heterocycles. The number of alkyl halides is 1. The van der Waals surface area contributed by atoms with Crippen molar-refractivity contribution in [3.63, 3.8) is 0 Å². The highest BCUT2D eigenvalue weighted by molar-refractivity contribution is 9.08. The first-order valence-corrected chi connectivity index (χ1v) is 8.36. The molecule has 5 nitrogen and oxygen atoms in total. The summed E-state index contributed by atoms with van der Waals surface area (Å²) in [4.78, 5) is 24.5. The van der Waals surface area contributed by atoms with E-state index in [-0.39, 0.29) is 18.1 Å². The van der Waals surface area contributed by atoms with Gasteiger partial charge in [-0.2, -0.15) is 0 Å². The molecule has 0 unspecified atom stereocenters. The standard InChI is InChI=1S/C9H9BrO.C9H9N3O/c1-7(11)9-4-2-3-8(5-9)6-10;1-7(13)9-4-2-3-8(5-9)6-11-12-10/h2-5H,6H2,1H3;2-5H,6H2,1H3. The first-order valence-electron chi connectivity index (χ1n) is 7.24. The Morgan fingerprint density at radius 2 is 1.50 bits per heavy atom. The Morgan fingerprint density at radius 1 is 1.00 bits per heavy atom. The van der Waals surface area contributed by atoms with Crippen LogP contribution in [0, 0.1) is 0 Å². The van der Waals surface area contributed by atoms with Gasteiger partial charge in [0.15, 0.2) is 11.6 Å². The van der Waals surface area contributed by atoms with Crippen LogP contribution < -0.4 is 0 Å². The number of ketones is 2. The zero-order valence-electron chi connectivity index (χ0n) is 13.6. The Morgan fingerprint density at radius 3 is 1.96 bits per heavy atom. The molecule has 124 valence electrons. The van der Waals surface area contributed by atoms with Crippen LogP contribution in [0.25, 0.3) is 10.4 Å². The molecule has 0 heterocycles. The van der Waals surface area contributed by atoms with E-state index in [4.69, 9.17) is 5.53 Å². The lowest BCUT2D eigenvalue weighted by molar-refractivity contribution is 0.100. The summed E-state index contributed by atoms with van der Waals surface area (Å²) >= 11 is 3.33. The van der Waals surface area contributed by atoms with Crippen molar-refractivity contribution in [1.29, 1.82) is 0 Å². The summed E-state index contributed by atoms with van der Waals surface area (Å²) in [6, 6.07) is 14.7. The Kier molecular flexibility index (Phi) is 8.47. The van der Waals surface area contributed by atoms with Crippen LogP contribution >= 0.6 is 15.9 Å². The molecule has 0 saturated carbocycles. The predicted molar refractivity (Wildman–Crippen MR) is 98.4 cm³/mol. The topological polar surface area (TPSA) is 82.9 Å². The Labute approximate surface area is 149 Å². The molecule has 0 amide bonds. The highest BCUT2D eigenvalue weighted by Gasteiger charge is 1.99. The normalized spacial score (nSPS) is 9.29. The van der Waals surface area contributed by atoms with Crippen LogP contribution in [0.4, 0.5) is 0 Å². The zero-order valence-corrected chi connectivity index (χ0v) is 15.2. The minimum absolute atomic E-state index is 0.0165. The van der Waals surface area contributed by atoms with Crippen LogP contribution in [0.15, 0.2) is 53.6 Å². The summed E-state index contributed by atoms with van der Waals surface area (Å²) in [7, 11) is 0. The summed E-state index contributed by atoms with van der Waals surface area (Å²) in [5.41, 5.74) is 11.5. The fourth-order valence-corrected chi connectivity index (χ4v) is 2.22. The van der Waals surface area contributed by atoms with E-state index in [1.54, 1.807) is 25.1 Å². The minimum atomic E-state index is 0.0165. The average molecular weight is 388 g/mol. The van der Waals surface area contributed by atoms with Gasteiger partial charge in [-0.3, -0.25) is 9.59 Å². The molecule has 0 saturated heterocycles. The van der Waals surface area contributed by atoms with Crippen LogP contribution in [0.3, 0.4) is 0 Å². The van der Waals surface area contributed by atoms with Gasteiger partial charge in [-0.15, -0.1) is 0 Å². The van der Waals surface area contributed by atoms with Crippen molar-refractivity contribution >= 4 is 27.5 Å². The van der Waals surface area contributed by atoms with E-state index in [1.807, 2.05) is 30.3 Å². The summed E-state index contributed by atoms with van der Waals surface area (Å²) in [6.45, 7) is 3.37. The van der Waals surface area contributed by atoms with E-state index in [0.717, 1.165) is 22.0 Å². The van der Waals surface area contributed by atoms with E-state index in [0.29, 0.717) is 5.56 Å². The second-order valence-corrected chi connectivity index (χ2v) is 5.60. The molecule has 2 aromatic rings. The van der Waals surface area contributed by atoms with Crippen molar-refractivity contribution in [3.05, 3.63) is 81.2 Å². The molecule has 0 aromatic heterocycles. The molecule has 0 bridgehead atoms. The zero-order chi connectivity index (χ0) is 17.9. The van der Waals surface area contributed by atoms with E-state index < -0.39 is 0 Å². The molecule has 0 fully saturated rings. The lowest BCUT2D eigenvalue weighted by Gasteiger charge is -1.98. The minimum Gasteiger partial charge on any atom is -0.295 e. The van der Waals surface area contributed by atoms with Crippen molar-refractivity contribution in [2.75, 3.05) is 0 Å². The third-order valence-corrected chi connectivity index (χ3v) is 3.79. The van der Waals surface area contributed by atoms with Gasteiger partial charge in [-0.05, 0) is 42.6 Å². The summed E-state index contributed by atoms with van der Waals surface area (Å²) < 4.78 is 0. The number of Topliss-reactive ketones (excluding diaryl/α,β-unsaturated/α-hetero) is 2. The molecule has 0 aliphatic rings. The third-order valence-electron chi connectivity index (χ3n) is 3.14. The summed E-state index contributed by atoms with van der Waals surface area (Å²) in [6.07, 6.45) is 0. The van der Waals surface area contributed by atoms with Crippen molar-refractivity contribution in [2.45, 2.75) is 25.7 Å². The van der Waals surface area contributed by atoms with Crippen molar-refractivity contribution < 1.29 is 9.59 Å². The quantitative estimate of drug-likeness (QED) is 0.223. The maximum atomic E-state index is 11.0. The van der Waals surface area contributed by atoms with Gasteiger partial charge < -0.3 is 0 Å². The van der Waals surface area contributed by atoms with Gasteiger partial charge >= 0.3 is 0 Å². The number of halogens is 1. The molecular weight excluding hydrogens is 370 g/mol. The molecule has 0 radical (unpaired) electrons. The van der Waals surface area contributed by atoms with Crippen molar-refractivity contribution in [2.24, 2.45) is 5.11 Å². The lowest BCUT2D eigenvalue weighted by Crippen LogP contribution is -1.92. The highest BCUT2D eigenvalue weighted by atomic mass is 79.9. The number of benzene rings is 2. The van der Waals surface area contributed by atoms with Crippen LogP contribution in [-0.4, -0.2) is 11.6 Å². The third kappa shape index (κ3) is 6.77. The molecule has 2 aromatic carbocycles. The van der Waals surface area contributed by atoms with E-state index in [1.165, 1.54) is 6.92 Å². The Balaban J connectivity index is 0.000000243. The number of hydrogen-bond donors (Lipinski definition) is 0. The molecule has 0 spiro atoms. The van der Waals surface area contributed by atoms with Crippen LogP contribution in [0.5, 0.6) is 0 Å². The van der Waals surface area contributed by atoms with Crippen LogP contribution in [0.1, 0.15) is 45.7 Å². The first kappa shape index (κ1) is 19.6. The van der Waals surface area contributed by atoms with Gasteiger partial charge in [0.2, 0.25) is 0 Å². The molecule has 0 atom stereocenters. The Bertz CT molecular complexity index is 768. The van der Waals surface area contributed by atoms with Gasteiger partial charge in [0.1, 0.15) is 0 Å². The number of carbonyl (C=O) groups is 2. The number of hydrogen-bond acceptors (Lipinski definition) is 3. The van der Waals surface area contributed by atoms with E-state index in [9.17, 15) is 9.59 Å². The number of nitrogens with zero attached hydrogens (tertiary/aromatic N) is 3.